The Hall–Kier alpha value is -1.50. The van der Waals surface area contributed by atoms with Gasteiger partial charge in [0.2, 0.25) is 5.91 Å². The average Bonchev–Trinajstić information content (AvgIpc) is 2.22. The van der Waals surface area contributed by atoms with Gasteiger partial charge in [-0.15, -0.1) is 0 Å². The monoisotopic (exact) mass is 242 g/mol. The van der Waals surface area contributed by atoms with Crippen LogP contribution in [0.15, 0.2) is 16.0 Å². The lowest BCUT2D eigenvalue weighted by Crippen LogP contribution is -2.25. The second-order valence-electron chi connectivity index (χ2n) is 3.11. The van der Waals surface area contributed by atoms with Crippen molar-refractivity contribution in [2.24, 2.45) is 0 Å². The number of nitrogens with two attached hydrogens (primary N) is 1. The summed E-state index contributed by atoms with van der Waals surface area (Å²) in [7, 11) is 0. The molecule has 0 unspecified atom stereocenters. The fourth-order valence-electron chi connectivity index (χ4n) is 0.971. The van der Waals surface area contributed by atoms with Crippen molar-refractivity contribution in [2.75, 3.05) is 18.0 Å². The number of aromatic amines is 1. The molecule has 1 aromatic heterocycles. The van der Waals surface area contributed by atoms with Crippen LogP contribution in [0.2, 0.25) is 0 Å². The van der Waals surface area contributed by atoms with E-state index < -0.39 is 0 Å². The van der Waals surface area contributed by atoms with Crippen molar-refractivity contribution in [3.63, 3.8) is 0 Å². The third-order valence-electron chi connectivity index (χ3n) is 1.65. The first-order valence-electron chi connectivity index (χ1n) is 4.88. The maximum Gasteiger partial charge on any atom is 0.253 e. The van der Waals surface area contributed by atoms with Crippen LogP contribution in [0.25, 0.3) is 0 Å². The predicted molar refractivity (Wildman–Crippen MR) is 63.3 cm³/mol. The van der Waals surface area contributed by atoms with Crippen LogP contribution in [0.1, 0.15) is 13.3 Å². The van der Waals surface area contributed by atoms with Gasteiger partial charge < -0.3 is 16.0 Å². The Bertz CT molecular complexity index is 418. The number of carbonyl (C=O) groups is 1. The molecule has 7 heteroatoms. The molecule has 1 aromatic rings. The zero-order chi connectivity index (χ0) is 12.0. The van der Waals surface area contributed by atoms with E-state index in [4.69, 9.17) is 5.73 Å². The van der Waals surface area contributed by atoms with E-state index in [0.29, 0.717) is 11.7 Å². The van der Waals surface area contributed by atoms with E-state index in [1.54, 1.807) is 0 Å². The summed E-state index contributed by atoms with van der Waals surface area (Å²) in [5.74, 6) is 0.281. The predicted octanol–water partition coefficient (Wildman–Crippen LogP) is -0.0296. The first-order valence-corrected chi connectivity index (χ1v) is 5.86. The van der Waals surface area contributed by atoms with Gasteiger partial charge in [0, 0.05) is 12.6 Å². The van der Waals surface area contributed by atoms with E-state index >= 15 is 0 Å². The maximum atomic E-state index is 11.3. The molecule has 0 spiro atoms. The van der Waals surface area contributed by atoms with Crippen molar-refractivity contribution in [1.29, 1.82) is 0 Å². The highest BCUT2D eigenvalue weighted by Crippen LogP contribution is 2.10. The van der Waals surface area contributed by atoms with E-state index in [-0.39, 0.29) is 23.0 Å². The van der Waals surface area contributed by atoms with E-state index in [1.165, 1.54) is 6.07 Å². The summed E-state index contributed by atoms with van der Waals surface area (Å²) >= 11 is 1.15. The summed E-state index contributed by atoms with van der Waals surface area (Å²) in [5, 5.41) is 3.08. The van der Waals surface area contributed by atoms with Crippen LogP contribution >= 0.6 is 11.8 Å². The van der Waals surface area contributed by atoms with E-state index in [0.717, 1.165) is 18.2 Å². The molecule has 0 bridgehead atoms. The maximum absolute atomic E-state index is 11.3. The summed E-state index contributed by atoms with van der Waals surface area (Å²) in [4.78, 5) is 28.7. The molecule has 1 heterocycles. The van der Waals surface area contributed by atoms with Crippen LogP contribution < -0.4 is 16.6 Å². The quantitative estimate of drug-likeness (QED) is 0.497. The zero-order valence-corrected chi connectivity index (χ0v) is 9.76. The number of carbonyl (C=O) groups excluding carboxylic acids is 1. The number of hydrogen-bond donors (Lipinski definition) is 3. The lowest BCUT2D eigenvalue weighted by molar-refractivity contribution is -0.118. The minimum atomic E-state index is -0.316. The first kappa shape index (κ1) is 12.6. The van der Waals surface area contributed by atoms with Gasteiger partial charge in [-0.3, -0.25) is 9.59 Å². The standard InChI is InChI=1S/C9H14N4O2S/c1-2-3-11-8(15)5-16-9-12-6(10)4-7(14)13-9/h4H,2-3,5H2,1H3,(H,11,15)(H3,10,12,13,14). The summed E-state index contributed by atoms with van der Waals surface area (Å²) in [5.41, 5.74) is 5.09. The Morgan fingerprint density at radius 1 is 1.69 bits per heavy atom. The molecule has 0 aliphatic heterocycles. The molecule has 0 aromatic carbocycles. The molecule has 0 radical (unpaired) electrons. The van der Waals surface area contributed by atoms with Gasteiger partial charge in [0.25, 0.3) is 5.56 Å². The topological polar surface area (TPSA) is 101 Å². The fourth-order valence-corrected chi connectivity index (χ4v) is 1.68. The number of nitrogens with one attached hydrogen (secondary N) is 2. The molecule has 6 nitrogen and oxygen atoms in total. The number of aromatic nitrogens is 2. The second kappa shape index (κ2) is 6.16. The van der Waals surface area contributed by atoms with Crippen molar-refractivity contribution < 1.29 is 4.79 Å². The number of nitrogens with zero attached hydrogens (tertiary/aromatic N) is 1. The van der Waals surface area contributed by atoms with E-state index in [9.17, 15) is 9.59 Å². The number of H-pyrrole nitrogens is 1. The Labute approximate surface area is 97.0 Å². The fraction of sp³-hybridized carbons (Fsp3) is 0.444. The van der Waals surface area contributed by atoms with E-state index in [2.05, 4.69) is 15.3 Å². The molecule has 1 rings (SSSR count). The van der Waals surface area contributed by atoms with Crippen LogP contribution in [0.5, 0.6) is 0 Å². The minimum Gasteiger partial charge on any atom is -0.383 e. The van der Waals surface area contributed by atoms with Gasteiger partial charge in [-0.2, -0.15) is 0 Å². The molecule has 0 aliphatic rings. The number of nitrogen functional groups attached to an aromatic ring is 1. The zero-order valence-electron chi connectivity index (χ0n) is 8.95. The first-order chi connectivity index (χ1) is 7.61. The highest BCUT2D eigenvalue weighted by atomic mass is 32.2. The summed E-state index contributed by atoms with van der Waals surface area (Å²) in [6, 6.07) is 1.20. The lowest BCUT2D eigenvalue weighted by Gasteiger charge is -2.03. The Kier molecular flexibility index (Phi) is 4.84. The SMILES string of the molecule is CCCNC(=O)CSc1nc(N)cc(=O)[nH]1. The van der Waals surface area contributed by atoms with Crippen LogP contribution in [0, 0.1) is 0 Å². The van der Waals surface area contributed by atoms with Crippen LogP contribution in [0.4, 0.5) is 5.82 Å². The van der Waals surface area contributed by atoms with Gasteiger partial charge >= 0.3 is 0 Å². The van der Waals surface area contributed by atoms with Gasteiger partial charge in [-0.1, -0.05) is 18.7 Å². The van der Waals surface area contributed by atoms with E-state index in [1.807, 2.05) is 6.92 Å². The summed E-state index contributed by atoms with van der Waals surface area (Å²) in [6.45, 7) is 2.63. The van der Waals surface area contributed by atoms with Crippen LogP contribution in [-0.4, -0.2) is 28.2 Å². The molecule has 0 atom stereocenters. The number of thioether (sulfide) groups is 1. The summed E-state index contributed by atoms with van der Waals surface area (Å²) in [6.07, 6.45) is 0.893. The van der Waals surface area contributed by atoms with Crippen molar-refractivity contribution in [1.82, 2.24) is 15.3 Å². The van der Waals surface area contributed by atoms with Crippen molar-refractivity contribution in [2.45, 2.75) is 18.5 Å². The minimum absolute atomic E-state index is 0.0862. The smallest absolute Gasteiger partial charge is 0.253 e. The molecule has 0 saturated heterocycles. The molecular formula is C9H14N4O2S. The highest BCUT2D eigenvalue weighted by molar-refractivity contribution is 7.99. The van der Waals surface area contributed by atoms with Crippen molar-refractivity contribution in [3.05, 3.63) is 16.4 Å². The highest BCUT2D eigenvalue weighted by Gasteiger charge is 2.04. The molecule has 0 saturated carbocycles. The second-order valence-corrected chi connectivity index (χ2v) is 4.08. The van der Waals surface area contributed by atoms with Crippen LogP contribution in [0.3, 0.4) is 0 Å². The molecule has 88 valence electrons. The third kappa shape index (κ3) is 4.35. The Morgan fingerprint density at radius 2 is 2.44 bits per heavy atom. The lowest BCUT2D eigenvalue weighted by atomic mass is 10.5. The van der Waals surface area contributed by atoms with Crippen LogP contribution in [-0.2, 0) is 4.79 Å². The average molecular weight is 242 g/mol. The number of rotatable bonds is 5. The Balaban J connectivity index is 2.48. The largest absolute Gasteiger partial charge is 0.383 e. The van der Waals surface area contributed by atoms with Gasteiger partial charge in [-0.05, 0) is 6.42 Å². The van der Waals surface area contributed by atoms with Gasteiger partial charge in [-0.25, -0.2) is 4.98 Å². The Morgan fingerprint density at radius 3 is 3.06 bits per heavy atom. The van der Waals surface area contributed by atoms with Gasteiger partial charge in [0.05, 0.1) is 5.75 Å². The molecule has 4 N–H and O–H groups in total. The van der Waals surface area contributed by atoms with Crippen molar-refractivity contribution in [3.8, 4) is 0 Å². The molecule has 0 fully saturated rings. The summed E-state index contributed by atoms with van der Waals surface area (Å²) < 4.78 is 0. The van der Waals surface area contributed by atoms with Gasteiger partial charge in [0.15, 0.2) is 5.16 Å². The normalized spacial score (nSPS) is 10.1. The van der Waals surface area contributed by atoms with Gasteiger partial charge in [0.1, 0.15) is 5.82 Å². The number of hydrogen-bond acceptors (Lipinski definition) is 5. The molecule has 1 amide bonds. The molecular weight excluding hydrogens is 228 g/mol. The number of amides is 1. The molecule has 16 heavy (non-hydrogen) atoms. The molecule has 0 aliphatic carbocycles. The van der Waals surface area contributed by atoms with Crippen molar-refractivity contribution >= 4 is 23.5 Å². The third-order valence-corrected chi connectivity index (χ3v) is 2.53. The number of anilines is 1.